The molecule has 0 bridgehead atoms. The van der Waals surface area contributed by atoms with Crippen molar-refractivity contribution in [3.63, 3.8) is 0 Å². The SMILES string of the molecule is COc1ccnc(NC(=O)c2ccc(-c3nc(C4CCCN(C#N)C4)n4ccnc(N)c34)cc2)c1. The number of aromatic nitrogens is 4. The third kappa shape index (κ3) is 4.31. The summed E-state index contributed by atoms with van der Waals surface area (Å²) in [6.45, 7) is 1.39. The van der Waals surface area contributed by atoms with Gasteiger partial charge in [-0.05, 0) is 31.0 Å². The molecule has 35 heavy (non-hydrogen) atoms. The Morgan fingerprint density at radius 2 is 2.06 bits per heavy atom. The number of imidazole rings is 1. The number of anilines is 2. The molecule has 0 aliphatic carbocycles. The van der Waals surface area contributed by atoms with E-state index in [-0.39, 0.29) is 11.8 Å². The first-order valence-electron chi connectivity index (χ1n) is 11.3. The number of pyridine rings is 1. The molecule has 1 aliphatic rings. The van der Waals surface area contributed by atoms with Crippen molar-refractivity contribution < 1.29 is 9.53 Å². The quantitative estimate of drug-likeness (QED) is 0.426. The number of nitrogen functional groups attached to an aromatic ring is 1. The number of likely N-dealkylation sites (tertiary alicyclic amines) is 1. The summed E-state index contributed by atoms with van der Waals surface area (Å²) in [5, 5.41) is 12.1. The fourth-order valence-corrected chi connectivity index (χ4v) is 4.43. The van der Waals surface area contributed by atoms with Gasteiger partial charge in [0.25, 0.3) is 5.91 Å². The van der Waals surface area contributed by atoms with Crippen LogP contribution in [0.15, 0.2) is 55.0 Å². The van der Waals surface area contributed by atoms with E-state index in [9.17, 15) is 10.1 Å². The van der Waals surface area contributed by atoms with Crippen LogP contribution in [0.2, 0.25) is 0 Å². The number of piperidine rings is 1. The molecule has 5 rings (SSSR count). The van der Waals surface area contributed by atoms with E-state index in [4.69, 9.17) is 15.5 Å². The molecule has 10 nitrogen and oxygen atoms in total. The third-order valence-electron chi connectivity index (χ3n) is 6.17. The average Bonchev–Trinajstić information content (AvgIpc) is 3.30. The Bertz CT molecular complexity index is 1420. The van der Waals surface area contributed by atoms with Crippen molar-refractivity contribution in [2.45, 2.75) is 18.8 Å². The summed E-state index contributed by atoms with van der Waals surface area (Å²) < 4.78 is 7.15. The molecule has 176 valence electrons. The lowest BCUT2D eigenvalue weighted by Crippen LogP contribution is -2.31. The van der Waals surface area contributed by atoms with Gasteiger partial charge in [-0.2, -0.15) is 5.26 Å². The highest BCUT2D eigenvalue weighted by Crippen LogP contribution is 2.33. The topological polar surface area (TPSA) is 134 Å². The molecular formula is C25H24N8O2. The number of rotatable bonds is 5. The fourth-order valence-electron chi connectivity index (χ4n) is 4.43. The highest BCUT2D eigenvalue weighted by molar-refractivity contribution is 6.04. The number of nitrogens with two attached hydrogens (primary N) is 1. The van der Waals surface area contributed by atoms with Gasteiger partial charge in [0.15, 0.2) is 6.19 Å². The van der Waals surface area contributed by atoms with E-state index in [1.165, 1.54) is 0 Å². The summed E-state index contributed by atoms with van der Waals surface area (Å²) in [6, 6.07) is 10.5. The lowest BCUT2D eigenvalue weighted by molar-refractivity contribution is 0.102. The van der Waals surface area contributed by atoms with E-state index in [2.05, 4.69) is 21.5 Å². The second-order valence-electron chi connectivity index (χ2n) is 8.35. The van der Waals surface area contributed by atoms with Crippen molar-refractivity contribution >= 4 is 23.1 Å². The maximum atomic E-state index is 12.7. The monoisotopic (exact) mass is 468 g/mol. The van der Waals surface area contributed by atoms with E-state index in [0.717, 1.165) is 36.3 Å². The van der Waals surface area contributed by atoms with Crippen molar-refractivity contribution in [3.05, 3.63) is 66.4 Å². The minimum absolute atomic E-state index is 0.104. The minimum Gasteiger partial charge on any atom is -0.497 e. The fraction of sp³-hybridized carbons (Fsp3) is 0.240. The van der Waals surface area contributed by atoms with Crippen LogP contribution in [0.4, 0.5) is 11.6 Å². The molecule has 1 amide bonds. The van der Waals surface area contributed by atoms with Crippen molar-refractivity contribution in [3.8, 4) is 23.2 Å². The smallest absolute Gasteiger partial charge is 0.256 e. The number of nitrogens with zero attached hydrogens (tertiary/aromatic N) is 6. The summed E-state index contributed by atoms with van der Waals surface area (Å²) in [5.74, 6) is 2.06. The average molecular weight is 469 g/mol. The van der Waals surface area contributed by atoms with E-state index in [0.29, 0.717) is 35.2 Å². The van der Waals surface area contributed by atoms with Crippen LogP contribution in [0.3, 0.4) is 0 Å². The molecule has 1 saturated heterocycles. The summed E-state index contributed by atoms with van der Waals surface area (Å²) >= 11 is 0. The molecule has 0 saturated carbocycles. The first-order chi connectivity index (χ1) is 17.1. The third-order valence-corrected chi connectivity index (χ3v) is 6.17. The standard InChI is InChI=1S/C25H24N8O2/c1-35-19-8-9-28-20(13-19)30-25(34)17-6-4-16(5-7-17)21-22-23(27)29-10-12-33(22)24(31-21)18-3-2-11-32(14-18)15-26/h4-10,12-13,18H,2-3,11,14H2,1H3,(H2,27,29)(H,28,30,34). The molecule has 1 aliphatic heterocycles. The van der Waals surface area contributed by atoms with Gasteiger partial charge in [0.1, 0.15) is 34.4 Å². The van der Waals surface area contributed by atoms with Gasteiger partial charge in [-0.3, -0.25) is 9.20 Å². The molecular weight excluding hydrogens is 444 g/mol. The van der Waals surface area contributed by atoms with Gasteiger partial charge in [0.2, 0.25) is 0 Å². The van der Waals surface area contributed by atoms with E-state index in [1.54, 1.807) is 48.7 Å². The number of benzene rings is 1. The van der Waals surface area contributed by atoms with Crippen LogP contribution >= 0.6 is 0 Å². The molecule has 0 radical (unpaired) electrons. The van der Waals surface area contributed by atoms with Gasteiger partial charge in [-0.1, -0.05) is 12.1 Å². The molecule has 3 N–H and O–H groups in total. The van der Waals surface area contributed by atoms with Gasteiger partial charge in [-0.25, -0.2) is 15.0 Å². The van der Waals surface area contributed by atoms with Crippen LogP contribution in [0.25, 0.3) is 16.8 Å². The number of nitriles is 1. The predicted molar refractivity (Wildman–Crippen MR) is 131 cm³/mol. The minimum atomic E-state index is -0.285. The first-order valence-corrected chi connectivity index (χ1v) is 11.3. The van der Waals surface area contributed by atoms with Crippen LogP contribution in [0.5, 0.6) is 5.75 Å². The van der Waals surface area contributed by atoms with E-state index in [1.807, 2.05) is 22.7 Å². The molecule has 4 heterocycles. The Hall–Kier alpha value is -4.65. The van der Waals surface area contributed by atoms with Crippen LogP contribution in [0.1, 0.15) is 34.9 Å². The highest BCUT2D eigenvalue weighted by atomic mass is 16.5. The highest BCUT2D eigenvalue weighted by Gasteiger charge is 2.27. The molecule has 1 unspecified atom stereocenters. The zero-order chi connectivity index (χ0) is 24.4. The van der Waals surface area contributed by atoms with Gasteiger partial charge in [0, 0.05) is 54.8 Å². The van der Waals surface area contributed by atoms with E-state index >= 15 is 0 Å². The van der Waals surface area contributed by atoms with Gasteiger partial charge < -0.3 is 20.7 Å². The Morgan fingerprint density at radius 3 is 2.83 bits per heavy atom. The Balaban J connectivity index is 1.45. The Labute approximate surface area is 202 Å². The summed E-state index contributed by atoms with van der Waals surface area (Å²) in [6.07, 6.45) is 9.20. The number of hydrogen-bond acceptors (Lipinski definition) is 8. The maximum absolute atomic E-state index is 12.7. The van der Waals surface area contributed by atoms with Gasteiger partial charge in [-0.15, -0.1) is 0 Å². The molecule has 4 aromatic rings. The van der Waals surface area contributed by atoms with Crippen LogP contribution in [-0.4, -0.2) is 50.4 Å². The molecule has 1 atom stereocenters. The maximum Gasteiger partial charge on any atom is 0.256 e. The number of amides is 1. The Kier molecular flexibility index (Phi) is 5.89. The predicted octanol–water partition coefficient (Wildman–Crippen LogP) is 3.29. The molecule has 3 aromatic heterocycles. The van der Waals surface area contributed by atoms with Crippen molar-refractivity contribution in [2.24, 2.45) is 0 Å². The summed E-state index contributed by atoms with van der Waals surface area (Å²) in [5.41, 5.74) is 8.97. The second kappa shape index (κ2) is 9.30. The first kappa shape index (κ1) is 22.2. The number of methoxy groups -OCH3 is 1. The van der Waals surface area contributed by atoms with Crippen molar-refractivity contribution in [2.75, 3.05) is 31.2 Å². The van der Waals surface area contributed by atoms with Crippen LogP contribution in [0, 0.1) is 11.5 Å². The number of carbonyl (C=O) groups is 1. The largest absolute Gasteiger partial charge is 0.497 e. The number of hydrogen-bond donors (Lipinski definition) is 2. The number of carbonyl (C=O) groups excluding carboxylic acids is 1. The number of nitrogens with one attached hydrogen (secondary N) is 1. The molecule has 0 spiro atoms. The van der Waals surface area contributed by atoms with Crippen LogP contribution < -0.4 is 15.8 Å². The number of fused-ring (bicyclic) bond motifs is 1. The summed E-state index contributed by atoms with van der Waals surface area (Å²) in [4.78, 5) is 27.9. The summed E-state index contributed by atoms with van der Waals surface area (Å²) in [7, 11) is 1.56. The normalized spacial score (nSPS) is 15.5. The van der Waals surface area contributed by atoms with Gasteiger partial charge in [0.05, 0.1) is 7.11 Å². The van der Waals surface area contributed by atoms with Crippen LogP contribution in [-0.2, 0) is 0 Å². The Morgan fingerprint density at radius 1 is 1.23 bits per heavy atom. The zero-order valence-corrected chi connectivity index (χ0v) is 19.2. The van der Waals surface area contributed by atoms with Crippen molar-refractivity contribution in [1.29, 1.82) is 5.26 Å². The molecule has 10 heteroatoms. The number of ether oxygens (including phenoxy) is 1. The molecule has 1 fully saturated rings. The molecule has 1 aromatic carbocycles. The lowest BCUT2D eigenvalue weighted by atomic mass is 9.98. The second-order valence-corrected chi connectivity index (χ2v) is 8.35. The zero-order valence-electron chi connectivity index (χ0n) is 19.2. The van der Waals surface area contributed by atoms with Gasteiger partial charge >= 0.3 is 0 Å². The van der Waals surface area contributed by atoms with Crippen molar-refractivity contribution in [1.82, 2.24) is 24.3 Å². The lowest BCUT2D eigenvalue weighted by Gasteiger charge is -2.27. The van der Waals surface area contributed by atoms with E-state index < -0.39 is 0 Å².